The smallest absolute Gasteiger partial charge is 0.273 e. The van der Waals surface area contributed by atoms with Crippen LogP contribution in [0.4, 0.5) is 11.4 Å². The van der Waals surface area contributed by atoms with Gasteiger partial charge in [0.25, 0.3) is 11.8 Å². The molecule has 11 nitrogen and oxygen atoms in total. The highest BCUT2D eigenvalue weighted by molar-refractivity contribution is 7.09. The highest BCUT2D eigenvalue weighted by atomic mass is 32.1. The topological polar surface area (TPSA) is 159 Å². The number of nitrogens with two attached hydrogens (primary N) is 2. The Morgan fingerprint density at radius 1 is 1.00 bits per heavy atom. The number of methoxy groups -OCH3 is 3. The molecule has 4 rings (SSSR count). The van der Waals surface area contributed by atoms with E-state index in [-0.39, 0.29) is 22.3 Å². The normalized spacial score (nSPS) is 13.9. The molecule has 0 spiro atoms. The molecule has 0 radical (unpaired) electrons. The maximum absolute atomic E-state index is 14.4. The summed E-state index contributed by atoms with van der Waals surface area (Å²) in [6.45, 7) is 3.87. The molecule has 3 aromatic rings. The van der Waals surface area contributed by atoms with Crippen molar-refractivity contribution in [2.24, 2.45) is 5.73 Å². The summed E-state index contributed by atoms with van der Waals surface area (Å²) < 4.78 is 20.7. The number of carbonyl (C=O) groups is 3. The molecule has 0 bridgehead atoms. The second kappa shape index (κ2) is 12.5. The molecule has 1 heterocycles. The van der Waals surface area contributed by atoms with Crippen molar-refractivity contribution in [1.82, 2.24) is 9.69 Å². The molecular formula is C29H35N5O6S. The van der Waals surface area contributed by atoms with Gasteiger partial charge in [0, 0.05) is 11.7 Å². The minimum absolute atomic E-state index is 0.0110. The average Bonchev–Trinajstić information content (AvgIpc) is 3.61. The number of hydrogen-bond donors (Lipinski definition) is 3. The third kappa shape index (κ3) is 5.92. The Labute approximate surface area is 242 Å². The Balaban J connectivity index is 1.97. The Bertz CT molecular complexity index is 1440. The van der Waals surface area contributed by atoms with E-state index in [4.69, 9.17) is 25.7 Å². The first-order valence-electron chi connectivity index (χ1n) is 13.2. The number of primary amides is 1. The lowest BCUT2D eigenvalue weighted by Gasteiger charge is -2.33. The van der Waals surface area contributed by atoms with Crippen molar-refractivity contribution in [3.63, 3.8) is 0 Å². The molecule has 5 N–H and O–H groups in total. The molecule has 2 aromatic carbocycles. The number of aryl methyl sites for hydroxylation is 2. The van der Waals surface area contributed by atoms with Crippen molar-refractivity contribution in [1.29, 1.82) is 0 Å². The van der Waals surface area contributed by atoms with Gasteiger partial charge in [-0.05, 0) is 79.2 Å². The maximum Gasteiger partial charge on any atom is 0.273 e. The van der Waals surface area contributed by atoms with Crippen molar-refractivity contribution in [2.45, 2.75) is 51.6 Å². The van der Waals surface area contributed by atoms with E-state index in [1.165, 1.54) is 26.2 Å². The van der Waals surface area contributed by atoms with Gasteiger partial charge >= 0.3 is 0 Å². The monoisotopic (exact) mass is 581 g/mol. The fourth-order valence-corrected chi connectivity index (χ4v) is 5.77. The Kier molecular flexibility index (Phi) is 9.01. The van der Waals surface area contributed by atoms with Crippen molar-refractivity contribution >= 4 is 40.6 Å². The summed E-state index contributed by atoms with van der Waals surface area (Å²) in [5.41, 5.74) is 14.1. The Morgan fingerprint density at radius 2 is 1.63 bits per heavy atom. The summed E-state index contributed by atoms with van der Waals surface area (Å²) in [4.78, 5) is 41.9. The summed E-state index contributed by atoms with van der Waals surface area (Å²) in [7, 11) is 4.44. The molecule has 3 amide bonds. The van der Waals surface area contributed by atoms with Gasteiger partial charge in [0.15, 0.2) is 17.2 Å². The number of nitrogens with zero attached hydrogens (tertiary/aromatic N) is 2. The predicted molar refractivity (Wildman–Crippen MR) is 157 cm³/mol. The van der Waals surface area contributed by atoms with Crippen LogP contribution in [0.15, 0.2) is 30.3 Å². The van der Waals surface area contributed by atoms with E-state index in [1.54, 1.807) is 18.2 Å². The second-order valence-corrected chi connectivity index (χ2v) is 10.7. The molecule has 12 heteroatoms. The van der Waals surface area contributed by atoms with Crippen LogP contribution in [0.25, 0.3) is 0 Å². The number of hydrogen-bond acceptors (Lipinski definition) is 9. The first-order chi connectivity index (χ1) is 19.6. The molecule has 1 unspecified atom stereocenters. The van der Waals surface area contributed by atoms with E-state index >= 15 is 0 Å². The van der Waals surface area contributed by atoms with Gasteiger partial charge in [0.1, 0.15) is 10.9 Å². The van der Waals surface area contributed by atoms with Gasteiger partial charge in [-0.2, -0.15) is 4.37 Å². The van der Waals surface area contributed by atoms with Gasteiger partial charge < -0.3 is 31.0 Å². The highest BCUT2D eigenvalue weighted by Gasteiger charge is 2.38. The fraction of sp³-hybridized carbons (Fsp3) is 0.379. The zero-order valence-electron chi connectivity index (χ0n) is 23.8. The third-order valence-corrected chi connectivity index (χ3v) is 8.20. The number of ether oxygens (including phenoxy) is 3. The van der Waals surface area contributed by atoms with Crippen LogP contribution in [0.2, 0.25) is 0 Å². The minimum Gasteiger partial charge on any atom is -0.493 e. The second-order valence-electron chi connectivity index (χ2n) is 9.93. The van der Waals surface area contributed by atoms with Crippen LogP contribution in [0.1, 0.15) is 68.6 Å². The Hall–Kier alpha value is -4.32. The predicted octanol–water partition coefficient (Wildman–Crippen LogP) is 3.91. The van der Waals surface area contributed by atoms with Crippen LogP contribution in [0.5, 0.6) is 17.2 Å². The standard InChI is InChI=1S/C29H35N5O6S/c1-15-10-11-19(12-16(15)2)34(29(37)26-22(30)23(27(31)35)33-41-26)24(28(36)32-18-8-6-7-9-18)17-13-20(38-3)25(40-5)21(14-17)39-4/h10-14,18,24H,6-9,30H2,1-5H3,(H2,31,35)(H,32,36). The summed E-state index contributed by atoms with van der Waals surface area (Å²) in [5.74, 6) is -0.874. The largest absolute Gasteiger partial charge is 0.493 e. The lowest BCUT2D eigenvalue weighted by Crippen LogP contribution is -2.46. The highest BCUT2D eigenvalue weighted by Crippen LogP contribution is 2.42. The van der Waals surface area contributed by atoms with Crippen LogP contribution in [0, 0.1) is 13.8 Å². The summed E-state index contributed by atoms with van der Waals surface area (Å²) in [6, 6.07) is 7.54. The van der Waals surface area contributed by atoms with Crippen LogP contribution >= 0.6 is 11.5 Å². The van der Waals surface area contributed by atoms with Crippen molar-refractivity contribution < 1.29 is 28.6 Å². The lowest BCUT2D eigenvalue weighted by molar-refractivity contribution is -0.123. The summed E-state index contributed by atoms with van der Waals surface area (Å²) in [5, 5.41) is 3.14. The van der Waals surface area contributed by atoms with Crippen LogP contribution in [-0.4, -0.2) is 49.5 Å². The number of amides is 3. The Morgan fingerprint density at radius 3 is 2.15 bits per heavy atom. The molecule has 1 aliphatic rings. The van der Waals surface area contributed by atoms with E-state index in [0.29, 0.717) is 28.5 Å². The zero-order chi connectivity index (χ0) is 29.8. The van der Waals surface area contributed by atoms with Crippen LogP contribution in [0.3, 0.4) is 0 Å². The van der Waals surface area contributed by atoms with Crippen molar-refractivity contribution in [3.05, 3.63) is 57.6 Å². The van der Waals surface area contributed by atoms with E-state index in [1.807, 2.05) is 26.0 Å². The molecule has 1 fully saturated rings. The molecule has 218 valence electrons. The first kappa shape index (κ1) is 29.7. The number of nitrogens with one attached hydrogen (secondary N) is 1. The summed E-state index contributed by atoms with van der Waals surface area (Å²) >= 11 is 0.753. The van der Waals surface area contributed by atoms with Crippen LogP contribution < -0.4 is 35.9 Å². The number of rotatable bonds is 10. The van der Waals surface area contributed by atoms with Gasteiger partial charge in [0.2, 0.25) is 11.7 Å². The van der Waals surface area contributed by atoms with E-state index in [2.05, 4.69) is 9.69 Å². The van der Waals surface area contributed by atoms with Gasteiger partial charge in [-0.25, -0.2) is 0 Å². The fourth-order valence-electron chi connectivity index (χ4n) is 5.02. The van der Waals surface area contributed by atoms with Gasteiger partial charge in [-0.1, -0.05) is 18.9 Å². The van der Waals surface area contributed by atoms with Crippen molar-refractivity contribution in [3.8, 4) is 17.2 Å². The molecular weight excluding hydrogens is 546 g/mol. The molecule has 1 saturated carbocycles. The van der Waals surface area contributed by atoms with E-state index < -0.39 is 23.8 Å². The number of benzene rings is 2. The summed E-state index contributed by atoms with van der Waals surface area (Å²) in [6.07, 6.45) is 3.70. The number of anilines is 2. The quantitative estimate of drug-likeness (QED) is 0.325. The number of aromatic nitrogens is 1. The van der Waals surface area contributed by atoms with Crippen LogP contribution in [-0.2, 0) is 4.79 Å². The molecule has 0 saturated heterocycles. The minimum atomic E-state index is -1.18. The SMILES string of the molecule is COc1cc(C(C(=O)NC2CCCC2)N(C(=O)c2snc(C(N)=O)c2N)c2ccc(C)c(C)c2)cc(OC)c1OC. The average molecular weight is 582 g/mol. The number of carbonyl (C=O) groups excluding carboxylic acids is 3. The maximum atomic E-state index is 14.4. The molecule has 1 atom stereocenters. The molecule has 0 aliphatic heterocycles. The van der Waals surface area contributed by atoms with E-state index in [9.17, 15) is 14.4 Å². The van der Waals surface area contributed by atoms with Gasteiger partial charge in [0.05, 0.1) is 27.0 Å². The molecule has 1 aromatic heterocycles. The first-order valence-corrected chi connectivity index (χ1v) is 13.9. The zero-order valence-corrected chi connectivity index (χ0v) is 24.6. The molecule has 1 aliphatic carbocycles. The van der Waals surface area contributed by atoms with Crippen molar-refractivity contribution in [2.75, 3.05) is 32.0 Å². The van der Waals surface area contributed by atoms with Gasteiger partial charge in [-0.15, -0.1) is 0 Å². The van der Waals surface area contributed by atoms with E-state index in [0.717, 1.165) is 48.3 Å². The third-order valence-electron chi connectivity index (χ3n) is 7.35. The molecule has 41 heavy (non-hydrogen) atoms. The number of nitrogen functional groups attached to an aromatic ring is 1. The van der Waals surface area contributed by atoms with Gasteiger partial charge in [-0.3, -0.25) is 19.3 Å². The lowest BCUT2D eigenvalue weighted by atomic mass is 9.99.